The first-order valence-corrected chi connectivity index (χ1v) is 18.6. The lowest BCUT2D eigenvalue weighted by atomic mass is 9.91. The minimum atomic E-state index is -0.644. The van der Waals surface area contributed by atoms with Gasteiger partial charge in [-0.05, 0) is 62.3 Å². The predicted octanol–water partition coefficient (Wildman–Crippen LogP) is 7.78. The Bertz CT molecular complexity index is 1590. The topological polar surface area (TPSA) is 105 Å². The highest BCUT2D eigenvalue weighted by molar-refractivity contribution is 5.68. The molecule has 6 atom stereocenters. The predicted molar refractivity (Wildman–Crippen MR) is 204 cm³/mol. The number of amides is 1. The van der Waals surface area contributed by atoms with Gasteiger partial charge in [0.25, 0.3) is 0 Å². The molecule has 4 aromatic rings. The number of carbonyl (C=O) groups excluding carboxylic acids is 1. The Kier molecular flexibility index (Phi) is 15.9. The maximum atomic E-state index is 12.5. The van der Waals surface area contributed by atoms with Crippen molar-refractivity contribution >= 4 is 6.09 Å². The van der Waals surface area contributed by atoms with E-state index in [1.165, 1.54) is 0 Å². The molecule has 0 aliphatic carbocycles. The quantitative estimate of drug-likeness (QED) is 0.101. The molecule has 0 bridgehead atoms. The standard InChI is InChI=1S/C44H55NO8/c1-44(2,3)53-43(47)45-37(27-46)25-16-26-38-40(49-29-34-19-10-5-11-20-34)42(51-31-36-23-14-7-15-24-36)41(50-30-35-21-12-6-13-22-35)39(52-38)32-48-28-33-17-8-4-9-18-33/h4-15,17-24,37-42,46H,16,25-32H2,1-3H3,(H,45,47)/t37-,38+,39-,40+,41+,42-/m1/s1. The number of hydrogen-bond donors (Lipinski definition) is 2. The SMILES string of the molecule is CC(C)(C)OC(=O)N[C@@H](CO)CCC[C@@H]1O[C@H](COCc2ccccc2)[C@H](OCc2ccccc2)[C@H](OCc2ccccc2)[C@H]1OCc1ccccc1. The van der Waals surface area contributed by atoms with Gasteiger partial charge in [-0.2, -0.15) is 0 Å². The third kappa shape index (κ3) is 13.7. The summed E-state index contributed by atoms with van der Waals surface area (Å²) in [5.41, 5.74) is 3.53. The lowest BCUT2D eigenvalue weighted by molar-refractivity contribution is -0.273. The molecule has 0 saturated carbocycles. The number of ether oxygens (including phenoxy) is 6. The van der Waals surface area contributed by atoms with Crippen molar-refractivity contribution in [1.29, 1.82) is 0 Å². The second-order valence-electron chi connectivity index (χ2n) is 14.5. The molecule has 0 radical (unpaired) electrons. The van der Waals surface area contributed by atoms with E-state index in [-0.39, 0.29) is 13.2 Å². The summed E-state index contributed by atoms with van der Waals surface area (Å²) in [6, 6.07) is 39.8. The molecule has 1 heterocycles. The lowest BCUT2D eigenvalue weighted by Crippen LogP contribution is -2.61. The fraction of sp³-hybridized carbons (Fsp3) is 0.432. The highest BCUT2D eigenvalue weighted by Gasteiger charge is 2.48. The minimum Gasteiger partial charge on any atom is -0.444 e. The number of benzene rings is 4. The van der Waals surface area contributed by atoms with Crippen LogP contribution in [0.15, 0.2) is 121 Å². The number of aliphatic hydroxyl groups is 1. The number of carbonyl (C=O) groups is 1. The van der Waals surface area contributed by atoms with Crippen LogP contribution in [0.25, 0.3) is 0 Å². The number of alkyl carbamates (subject to hydrolysis) is 1. The van der Waals surface area contributed by atoms with E-state index in [1.807, 2.05) is 142 Å². The van der Waals surface area contributed by atoms with Gasteiger partial charge in [-0.3, -0.25) is 0 Å². The number of rotatable bonds is 19. The molecule has 1 saturated heterocycles. The molecule has 1 fully saturated rings. The first kappa shape index (κ1) is 40.1. The van der Waals surface area contributed by atoms with E-state index in [9.17, 15) is 9.90 Å². The van der Waals surface area contributed by atoms with E-state index in [1.54, 1.807) is 0 Å². The van der Waals surface area contributed by atoms with E-state index in [2.05, 4.69) is 5.32 Å². The van der Waals surface area contributed by atoms with Crippen LogP contribution in [-0.4, -0.2) is 66.6 Å². The Labute approximate surface area is 314 Å². The summed E-state index contributed by atoms with van der Waals surface area (Å²) in [5, 5.41) is 12.9. The van der Waals surface area contributed by atoms with Crippen LogP contribution in [0.4, 0.5) is 4.79 Å². The van der Waals surface area contributed by atoms with Crippen molar-refractivity contribution in [2.24, 2.45) is 0 Å². The van der Waals surface area contributed by atoms with Crippen LogP contribution in [0.1, 0.15) is 62.3 Å². The zero-order chi connectivity index (χ0) is 37.3. The summed E-state index contributed by atoms with van der Waals surface area (Å²) >= 11 is 0. The number of aliphatic hydroxyl groups excluding tert-OH is 1. The smallest absolute Gasteiger partial charge is 0.407 e. The summed E-state index contributed by atoms with van der Waals surface area (Å²) in [7, 11) is 0. The van der Waals surface area contributed by atoms with E-state index in [0.29, 0.717) is 45.7 Å². The van der Waals surface area contributed by atoms with E-state index < -0.39 is 48.3 Å². The van der Waals surface area contributed by atoms with Crippen LogP contribution >= 0.6 is 0 Å². The van der Waals surface area contributed by atoms with Gasteiger partial charge in [-0.1, -0.05) is 121 Å². The van der Waals surface area contributed by atoms with Gasteiger partial charge in [0.15, 0.2) is 0 Å². The minimum absolute atomic E-state index is 0.215. The van der Waals surface area contributed by atoms with Crippen LogP contribution < -0.4 is 5.32 Å². The summed E-state index contributed by atoms with van der Waals surface area (Å²) in [5.74, 6) is 0. The Morgan fingerprint density at radius 1 is 0.660 bits per heavy atom. The highest BCUT2D eigenvalue weighted by atomic mass is 16.6. The van der Waals surface area contributed by atoms with Gasteiger partial charge in [0.2, 0.25) is 0 Å². The second kappa shape index (κ2) is 21.0. The van der Waals surface area contributed by atoms with Crippen LogP contribution in [0.2, 0.25) is 0 Å². The second-order valence-corrected chi connectivity index (χ2v) is 14.5. The van der Waals surface area contributed by atoms with Crippen molar-refractivity contribution in [3.8, 4) is 0 Å². The molecule has 0 aromatic heterocycles. The van der Waals surface area contributed by atoms with Gasteiger partial charge in [-0.25, -0.2) is 4.79 Å². The fourth-order valence-corrected chi connectivity index (χ4v) is 6.37. The van der Waals surface area contributed by atoms with Gasteiger partial charge >= 0.3 is 6.09 Å². The van der Waals surface area contributed by atoms with Crippen LogP contribution in [0.3, 0.4) is 0 Å². The van der Waals surface area contributed by atoms with Crippen molar-refractivity contribution in [2.75, 3.05) is 13.2 Å². The van der Waals surface area contributed by atoms with Crippen LogP contribution in [0.5, 0.6) is 0 Å². The van der Waals surface area contributed by atoms with Crippen molar-refractivity contribution in [2.45, 2.75) is 109 Å². The number of nitrogens with one attached hydrogen (secondary N) is 1. The summed E-state index contributed by atoms with van der Waals surface area (Å²) in [6.07, 6.45) is -1.24. The third-order valence-electron chi connectivity index (χ3n) is 8.96. The van der Waals surface area contributed by atoms with Crippen LogP contribution in [-0.2, 0) is 54.8 Å². The Morgan fingerprint density at radius 2 is 1.09 bits per heavy atom. The Hall–Kier alpha value is -4.09. The first-order valence-electron chi connectivity index (χ1n) is 18.6. The monoisotopic (exact) mass is 725 g/mol. The molecule has 9 heteroatoms. The summed E-state index contributed by atoms with van der Waals surface area (Å²) < 4.78 is 39.1. The first-order chi connectivity index (χ1) is 25.8. The molecule has 284 valence electrons. The van der Waals surface area contributed by atoms with Gasteiger partial charge in [0, 0.05) is 0 Å². The van der Waals surface area contributed by atoms with Gasteiger partial charge in [0.1, 0.15) is 30.0 Å². The number of hydrogen-bond acceptors (Lipinski definition) is 8. The molecule has 0 unspecified atom stereocenters. The fourth-order valence-electron chi connectivity index (χ4n) is 6.37. The van der Waals surface area contributed by atoms with Gasteiger partial charge in [-0.15, -0.1) is 0 Å². The molecular formula is C44H55NO8. The van der Waals surface area contributed by atoms with E-state index >= 15 is 0 Å². The molecular weight excluding hydrogens is 670 g/mol. The molecule has 1 amide bonds. The summed E-state index contributed by atoms with van der Waals surface area (Å²) in [4.78, 5) is 12.5. The average molecular weight is 726 g/mol. The third-order valence-corrected chi connectivity index (χ3v) is 8.96. The Balaban J connectivity index is 1.40. The molecule has 2 N–H and O–H groups in total. The molecule has 4 aromatic carbocycles. The molecule has 1 aliphatic heterocycles. The normalized spacial score (nSPS) is 20.8. The summed E-state index contributed by atoms with van der Waals surface area (Å²) in [6.45, 7) is 6.99. The van der Waals surface area contributed by atoms with Crippen molar-refractivity contribution in [1.82, 2.24) is 5.32 Å². The molecule has 5 rings (SSSR count). The molecule has 53 heavy (non-hydrogen) atoms. The van der Waals surface area contributed by atoms with Crippen LogP contribution in [0, 0.1) is 0 Å². The van der Waals surface area contributed by atoms with Crippen molar-refractivity contribution in [3.63, 3.8) is 0 Å². The largest absolute Gasteiger partial charge is 0.444 e. The van der Waals surface area contributed by atoms with E-state index in [4.69, 9.17) is 28.4 Å². The molecule has 9 nitrogen and oxygen atoms in total. The van der Waals surface area contributed by atoms with Gasteiger partial charge < -0.3 is 38.8 Å². The molecule has 0 spiro atoms. The zero-order valence-corrected chi connectivity index (χ0v) is 31.2. The average Bonchev–Trinajstić information content (AvgIpc) is 3.16. The van der Waals surface area contributed by atoms with Crippen molar-refractivity contribution < 1.29 is 38.3 Å². The van der Waals surface area contributed by atoms with Gasteiger partial charge in [0.05, 0.1) is 51.8 Å². The molecule has 1 aliphatic rings. The highest BCUT2D eigenvalue weighted by Crippen LogP contribution is 2.33. The maximum Gasteiger partial charge on any atom is 0.407 e. The van der Waals surface area contributed by atoms with Crippen molar-refractivity contribution in [3.05, 3.63) is 144 Å². The lowest BCUT2D eigenvalue weighted by Gasteiger charge is -2.46. The van der Waals surface area contributed by atoms with E-state index in [0.717, 1.165) is 22.3 Å². The Morgan fingerprint density at radius 3 is 1.55 bits per heavy atom. The maximum absolute atomic E-state index is 12.5. The zero-order valence-electron chi connectivity index (χ0n) is 31.2.